The van der Waals surface area contributed by atoms with Crippen LogP contribution in [0.4, 0.5) is 5.69 Å². The van der Waals surface area contributed by atoms with Crippen molar-refractivity contribution in [3.8, 4) is 0 Å². The minimum atomic E-state index is -0.332. The Kier molecular flexibility index (Phi) is 3.32. The molecule has 0 bridgehead atoms. The molecule has 0 aliphatic heterocycles. The Morgan fingerprint density at radius 1 is 1.15 bits per heavy atom. The quantitative estimate of drug-likeness (QED) is 0.745. The molecule has 0 aliphatic carbocycles. The zero-order valence-electron chi connectivity index (χ0n) is 8.41. The molecule has 1 rings (SSSR count). The zero-order chi connectivity index (χ0) is 9.84. The lowest BCUT2D eigenvalue weighted by atomic mass is 10.2. The van der Waals surface area contributed by atoms with E-state index < -0.39 is 0 Å². The van der Waals surface area contributed by atoms with Crippen molar-refractivity contribution in [3.63, 3.8) is 0 Å². The van der Waals surface area contributed by atoms with Gasteiger partial charge in [-0.15, -0.1) is 0 Å². The molecule has 0 heterocycles. The monoisotopic (exact) mass is 179 g/mol. The van der Waals surface area contributed by atoms with Crippen LogP contribution in [0.1, 0.15) is 19.4 Å². The van der Waals surface area contributed by atoms with Gasteiger partial charge < -0.3 is 10.4 Å². The van der Waals surface area contributed by atoms with E-state index in [0.717, 1.165) is 5.69 Å². The summed E-state index contributed by atoms with van der Waals surface area (Å²) < 4.78 is 0. The molecule has 1 aromatic carbocycles. The third-order valence-electron chi connectivity index (χ3n) is 2.17. The van der Waals surface area contributed by atoms with Crippen molar-refractivity contribution >= 4 is 5.69 Å². The second-order valence-electron chi connectivity index (χ2n) is 3.54. The van der Waals surface area contributed by atoms with Crippen LogP contribution >= 0.6 is 0 Å². The standard InChI is InChI=1S/C11H17NO/c1-8-4-6-11(7-5-8)12-9(2)10(3)13/h4-7,9-10,12-13H,1-3H3/t9-,10+/m1/s1. The Labute approximate surface area is 79.6 Å². The maximum Gasteiger partial charge on any atom is 0.0710 e. The summed E-state index contributed by atoms with van der Waals surface area (Å²) in [6, 6.07) is 8.24. The first-order valence-corrected chi connectivity index (χ1v) is 4.61. The summed E-state index contributed by atoms with van der Waals surface area (Å²) in [6.07, 6.45) is -0.332. The van der Waals surface area contributed by atoms with Gasteiger partial charge in [0, 0.05) is 11.7 Å². The second kappa shape index (κ2) is 4.28. The second-order valence-corrected chi connectivity index (χ2v) is 3.54. The van der Waals surface area contributed by atoms with E-state index in [0.29, 0.717) is 0 Å². The van der Waals surface area contributed by atoms with E-state index in [4.69, 9.17) is 0 Å². The summed E-state index contributed by atoms with van der Waals surface area (Å²) in [4.78, 5) is 0. The zero-order valence-corrected chi connectivity index (χ0v) is 8.41. The molecule has 1 aromatic rings. The van der Waals surface area contributed by atoms with Crippen molar-refractivity contribution in [2.45, 2.75) is 32.9 Å². The number of benzene rings is 1. The van der Waals surface area contributed by atoms with Crippen LogP contribution in [0.15, 0.2) is 24.3 Å². The van der Waals surface area contributed by atoms with Gasteiger partial charge in [0.1, 0.15) is 0 Å². The maximum absolute atomic E-state index is 9.27. The minimum Gasteiger partial charge on any atom is -0.391 e. The Morgan fingerprint density at radius 3 is 2.15 bits per heavy atom. The summed E-state index contributed by atoms with van der Waals surface area (Å²) in [7, 11) is 0. The molecule has 0 radical (unpaired) electrons. The third kappa shape index (κ3) is 3.07. The molecule has 2 nitrogen and oxygen atoms in total. The predicted octanol–water partition coefficient (Wildman–Crippen LogP) is 2.18. The van der Waals surface area contributed by atoms with Gasteiger partial charge in [-0.05, 0) is 32.9 Å². The molecule has 0 aromatic heterocycles. The maximum atomic E-state index is 9.27. The van der Waals surface area contributed by atoms with E-state index in [1.54, 1.807) is 6.92 Å². The van der Waals surface area contributed by atoms with Gasteiger partial charge >= 0.3 is 0 Å². The molecule has 0 saturated carbocycles. The molecule has 0 saturated heterocycles. The first-order chi connectivity index (χ1) is 6.09. The lowest BCUT2D eigenvalue weighted by molar-refractivity contribution is 0.178. The number of aliphatic hydroxyl groups excluding tert-OH is 1. The number of hydrogen-bond acceptors (Lipinski definition) is 2. The molecule has 0 unspecified atom stereocenters. The Balaban J connectivity index is 2.59. The minimum absolute atomic E-state index is 0.0858. The van der Waals surface area contributed by atoms with Gasteiger partial charge in [-0.2, -0.15) is 0 Å². The highest BCUT2D eigenvalue weighted by molar-refractivity contribution is 5.45. The summed E-state index contributed by atoms with van der Waals surface area (Å²) in [5.41, 5.74) is 2.30. The average molecular weight is 179 g/mol. The van der Waals surface area contributed by atoms with Crippen LogP contribution in [0.2, 0.25) is 0 Å². The van der Waals surface area contributed by atoms with Crippen molar-refractivity contribution in [2.24, 2.45) is 0 Å². The molecule has 0 fully saturated rings. The number of anilines is 1. The van der Waals surface area contributed by atoms with Crippen LogP contribution in [0.3, 0.4) is 0 Å². The average Bonchev–Trinajstić information content (AvgIpc) is 2.08. The highest BCUT2D eigenvalue weighted by Gasteiger charge is 2.07. The Hall–Kier alpha value is -1.02. The Morgan fingerprint density at radius 2 is 1.69 bits per heavy atom. The normalized spacial score (nSPS) is 15.1. The smallest absolute Gasteiger partial charge is 0.0710 e. The fraction of sp³-hybridized carbons (Fsp3) is 0.455. The highest BCUT2D eigenvalue weighted by Crippen LogP contribution is 2.10. The van der Waals surface area contributed by atoms with Gasteiger partial charge in [-0.1, -0.05) is 17.7 Å². The third-order valence-corrected chi connectivity index (χ3v) is 2.17. The van der Waals surface area contributed by atoms with Crippen LogP contribution in [0.25, 0.3) is 0 Å². The summed E-state index contributed by atoms with van der Waals surface area (Å²) in [6.45, 7) is 5.80. The summed E-state index contributed by atoms with van der Waals surface area (Å²) in [5.74, 6) is 0. The van der Waals surface area contributed by atoms with Crippen molar-refractivity contribution in [3.05, 3.63) is 29.8 Å². The van der Waals surface area contributed by atoms with Crippen LogP contribution in [-0.2, 0) is 0 Å². The van der Waals surface area contributed by atoms with Gasteiger partial charge in [0.05, 0.1) is 6.10 Å². The topological polar surface area (TPSA) is 32.3 Å². The van der Waals surface area contributed by atoms with E-state index in [-0.39, 0.29) is 12.1 Å². The van der Waals surface area contributed by atoms with Crippen LogP contribution in [0, 0.1) is 6.92 Å². The van der Waals surface area contributed by atoms with E-state index in [1.807, 2.05) is 19.1 Å². The molecule has 72 valence electrons. The van der Waals surface area contributed by atoms with E-state index in [1.165, 1.54) is 5.56 Å². The van der Waals surface area contributed by atoms with Gasteiger partial charge in [0.15, 0.2) is 0 Å². The van der Waals surface area contributed by atoms with E-state index >= 15 is 0 Å². The Bertz CT molecular complexity index is 253. The van der Waals surface area contributed by atoms with Gasteiger partial charge in [-0.3, -0.25) is 0 Å². The molecule has 13 heavy (non-hydrogen) atoms. The number of nitrogens with one attached hydrogen (secondary N) is 1. The van der Waals surface area contributed by atoms with Crippen LogP contribution < -0.4 is 5.32 Å². The fourth-order valence-corrected chi connectivity index (χ4v) is 1.03. The van der Waals surface area contributed by atoms with Crippen molar-refractivity contribution in [1.29, 1.82) is 0 Å². The van der Waals surface area contributed by atoms with Crippen LogP contribution in [-0.4, -0.2) is 17.3 Å². The van der Waals surface area contributed by atoms with Gasteiger partial charge in [-0.25, -0.2) is 0 Å². The first-order valence-electron chi connectivity index (χ1n) is 4.61. The number of aliphatic hydroxyl groups is 1. The highest BCUT2D eigenvalue weighted by atomic mass is 16.3. The van der Waals surface area contributed by atoms with Gasteiger partial charge in [0.25, 0.3) is 0 Å². The summed E-state index contributed by atoms with van der Waals surface area (Å²) >= 11 is 0. The molecule has 2 atom stereocenters. The largest absolute Gasteiger partial charge is 0.391 e. The predicted molar refractivity (Wildman–Crippen MR) is 55.9 cm³/mol. The SMILES string of the molecule is Cc1ccc(N[C@H](C)[C@H](C)O)cc1. The van der Waals surface area contributed by atoms with E-state index in [2.05, 4.69) is 24.4 Å². The molecule has 0 aliphatic rings. The lowest BCUT2D eigenvalue weighted by Crippen LogP contribution is -2.27. The van der Waals surface area contributed by atoms with Gasteiger partial charge in [0.2, 0.25) is 0 Å². The van der Waals surface area contributed by atoms with Crippen molar-refractivity contribution in [1.82, 2.24) is 0 Å². The van der Waals surface area contributed by atoms with Crippen molar-refractivity contribution < 1.29 is 5.11 Å². The van der Waals surface area contributed by atoms with E-state index in [9.17, 15) is 5.11 Å². The molecular weight excluding hydrogens is 162 g/mol. The number of hydrogen-bond donors (Lipinski definition) is 2. The first kappa shape index (κ1) is 10.1. The molecular formula is C11H17NO. The lowest BCUT2D eigenvalue weighted by Gasteiger charge is -2.17. The molecule has 2 heteroatoms. The van der Waals surface area contributed by atoms with Crippen molar-refractivity contribution in [2.75, 3.05) is 5.32 Å². The summed E-state index contributed by atoms with van der Waals surface area (Å²) in [5, 5.41) is 12.5. The number of rotatable bonds is 3. The fourth-order valence-electron chi connectivity index (χ4n) is 1.03. The molecule has 0 amide bonds. The molecule has 2 N–H and O–H groups in total. The van der Waals surface area contributed by atoms with Crippen LogP contribution in [0.5, 0.6) is 0 Å². The molecule has 0 spiro atoms. The number of aryl methyl sites for hydroxylation is 1.